The summed E-state index contributed by atoms with van der Waals surface area (Å²) in [7, 11) is 0. The van der Waals surface area contributed by atoms with Crippen LogP contribution in [0.4, 0.5) is 0 Å². The summed E-state index contributed by atoms with van der Waals surface area (Å²) in [6.07, 6.45) is 0.810. The van der Waals surface area contributed by atoms with E-state index in [-0.39, 0.29) is 31.0 Å². The van der Waals surface area contributed by atoms with Gasteiger partial charge in [-0.1, -0.05) is 50.6 Å². The molecule has 2 atom stereocenters. The fourth-order valence-electron chi connectivity index (χ4n) is 3.10. The van der Waals surface area contributed by atoms with Crippen LogP contribution in [-0.4, -0.2) is 35.4 Å². The van der Waals surface area contributed by atoms with Crippen LogP contribution in [0.5, 0.6) is 5.75 Å². The average Bonchev–Trinajstić information content (AvgIpc) is 2.75. The van der Waals surface area contributed by atoms with Crippen molar-refractivity contribution < 1.29 is 14.3 Å². The highest BCUT2D eigenvalue weighted by atomic mass is 79.9. The van der Waals surface area contributed by atoms with E-state index in [4.69, 9.17) is 16.3 Å². The van der Waals surface area contributed by atoms with Crippen LogP contribution in [0.3, 0.4) is 0 Å². The minimum atomic E-state index is -0.661. The Morgan fingerprint density at radius 2 is 1.84 bits per heavy atom. The molecule has 174 valence electrons. The molecule has 0 aliphatic carbocycles. The molecule has 2 rings (SSSR count). The maximum absolute atomic E-state index is 13.2. The lowest BCUT2D eigenvalue weighted by Gasteiger charge is -2.29. The Morgan fingerprint density at radius 1 is 1.12 bits per heavy atom. The summed E-state index contributed by atoms with van der Waals surface area (Å²) in [5.74, 6) is 0.496. The number of rotatable bonds is 10. The van der Waals surface area contributed by atoms with Crippen LogP contribution in [0.1, 0.15) is 58.1 Å². The molecule has 2 aromatic rings. The molecule has 0 aromatic heterocycles. The van der Waals surface area contributed by atoms with E-state index in [0.717, 1.165) is 16.5 Å². The molecule has 5 nitrogen and oxygen atoms in total. The number of ether oxygens (including phenoxy) is 1. The molecule has 0 aliphatic rings. The second-order valence-electron chi connectivity index (χ2n) is 8.28. The predicted molar refractivity (Wildman–Crippen MR) is 133 cm³/mol. The Balaban J connectivity index is 2.18. The molecule has 2 amide bonds. The van der Waals surface area contributed by atoms with Gasteiger partial charge in [-0.3, -0.25) is 9.59 Å². The molecule has 0 saturated carbocycles. The van der Waals surface area contributed by atoms with Gasteiger partial charge in [0.1, 0.15) is 11.8 Å². The lowest BCUT2D eigenvalue weighted by molar-refractivity contribution is -0.142. The summed E-state index contributed by atoms with van der Waals surface area (Å²) < 4.78 is 6.60. The normalized spacial score (nSPS) is 12.9. The lowest BCUT2D eigenvalue weighted by Crippen LogP contribution is -2.50. The summed E-state index contributed by atoms with van der Waals surface area (Å²) in [5, 5.41) is 3.53. The molecule has 0 unspecified atom stereocenters. The third-order valence-corrected chi connectivity index (χ3v) is 6.24. The summed E-state index contributed by atoms with van der Waals surface area (Å²) in [4.78, 5) is 27.5. The number of benzene rings is 2. The summed E-state index contributed by atoms with van der Waals surface area (Å²) in [6.45, 7) is 9.98. The number of nitrogens with zero attached hydrogens (tertiary/aromatic N) is 1. The van der Waals surface area contributed by atoms with E-state index in [9.17, 15) is 9.59 Å². The minimum absolute atomic E-state index is 0.0275. The van der Waals surface area contributed by atoms with E-state index < -0.39 is 6.04 Å². The van der Waals surface area contributed by atoms with Crippen molar-refractivity contribution in [3.8, 4) is 5.75 Å². The fraction of sp³-hybridized carbons (Fsp3) is 0.440. The first kappa shape index (κ1) is 26.2. The molecule has 0 radical (unpaired) electrons. The number of amides is 2. The zero-order chi connectivity index (χ0) is 23.8. The van der Waals surface area contributed by atoms with Crippen molar-refractivity contribution in [3.05, 3.63) is 63.1 Å². The van der Waals surface area contributed by atoms with Crippen LogP contribution >= 0.6 is 27.5 Å². The minimum Gasteiger partial charge on any atom is -0.483 e. The van der Waals surface area contributed by atoms with E-state index in [1.807, 2.05) is 44.2 Å². The largest absolute Gasteiger partial charge is 0.483 e. The van der Waals surface area contributed by atoms with Gasteiger partial charge in [-0.15, -0.1) is 0 Å². The molecular weight excluding hydrogens is 492 g/mol. The van der Waals surface area contributed by atoms with Crippen LogP contribution in [0.25, 0.3) is 0 Å². The van der Waals surface area contributed by atoms with E-state index in [1.165, 1.54) is 10.5 Å². The van der Waals surface area contributed by atoms with Crippen molar-refractivity contribution in [1.29, 1.82) is 0 Å². The third-order valence-electron chi connectivity index (χ3n) is 5.38. The Hall–Kier alpha value is -2.05. The van der Waals surface area contributed by atoms with Gasteiger partial charge < -0.3 is 15.0 Å². The highest BCUT2D eigenvalue weighted by Crippen LogP contribution is 2.29. The molecule has 0 spiro atoms. The first-order valence-electron chi connectivity index (χ1n) is 10.9. The van der Waals surface area contributed by atoms with Crippen LogP contribution in [0.15, 0.2) is 46.9 Å². The van der Waals surface area contributed by atoms with Gasteiger partial charge in [-0.25, -0.2) is 0 Å². The van der Waals surface area contributed by atoms with E-state index in [0.29, 0.717) is 16.7 Å². The number of carbonyl (C=O) groups excluding carboxylic acids is 2. The number of hydrogen-bond donors (Lipinski definition) is 1. The molecule has 7 heteroatoms. The van der Waals surface area contributed by atoms with Crippen molar-refractivity contribution in [2.24, 2.45) is 0 Å². The van der Waals surface area contributed by atoms with Crippen molar-refractivity contribution in [3.63, 3.8) is 0 Å². The third kappa shape index (κ3) is 7.52. The van der Waals surface area contributed by atoms with Crippen LogP contribution in [0, 0.1) is 0 Å². The maximum atomic E-state index is 13.2. The van der Waals surface area contributed by atoms with E-state index >= 15 is 0 Å². The Labute approximate surface area is 204 Å². The van der Waals surface area contributed by atoms with Crippen LogP contribution in [0.2, 0.25) is 5.02 Å². The molecule has 0 fully saturated rings. The molecule has 2 aromatic carbocycles. The van der Waals surface area contributed by atoms with Gasteiger partial charge in [0.25, 0.3) is 5.91 Å². The molecular formula is C25H32BrClN2O3. The smallest absolute Gasteiger partial charge is 0.261 e. The number of carbonyl (C=O) groups is 2. The summed E-state index contributed by atoms with van der Waals surface area (Å²) in [6, 6.07) is 12.5. The zero-order valence-electron chi connectivity index (χ0n) is 19.3. The van der Waals surface area contributed by atoms with Gasteiger partial charge in [-0.2, -0.15) is 0 Å². The molecule has 32 heavy (non-hydrogen) atoms. The van der Waals surface area contributed by atoms with Crippen molar-refractivity contribution >= 4 is 39.3 Å². The lowest BCUT2D eigenvalue weighted by atomic mass is 10.0. The topological polar surface area (TPSA) is 58.6 Å². The summed E-state index contributed by atoms with van der Waals surface area (Å²) in [5.41, 5.74) is 2.02. The second-order valence-corrected chi connectivity index (χ2v) is 9.57. The van der Waals surface area contributed by atoms with Gasteiger partial charge in [0, 0.05) is 17.6 Å². The predicted octanol–water partition coefficient (Wildman–Crippen LogP) is 5.94. The number of halogens is 2. The molecule has 0 bridgehead atoms. The highest BCUT2D eigenvalue weighted by Gasteiger charge is 2.27. The average molecular weight is 524 g/mol. The van der Waals surface area contributed by atoms with E-state index in [2.05, 4.69) is 35.1 Å². The quantitative estimate of drug-likeness (QED) is 0.419. The van der Waals surface area contributed by atoms with Crippen molar-refractivity contribution in [2.45, 2.75) is 65.6 Å². The van der Waals surface area contributed by atoms with Gasteiger partial charge in [-0.05, 0) is 77.5 Å². The first-order valence-corrected chi connectivity index (χ1v) is 12.1. The van der Waals surface area contributed by atoms with Gasteiger partial charge in [0.15, 0.2) is 6.61 Å². The van der Waals surface area contributed by atoms with Gasteiger partial charge in [0.2, 0.25) is 5.91 Å². The molecule has 1 N–H and O–H groups in total. The van der Waals surface area contributed by atoms with Gasteiger partial charge in [0.05, 0.1) is 4.47 Å². The monoisotopic (exact) mass is 522 g/mol. The van der Waals surface area contributed by atoms with Gasteiger partial charge >= 0.3 is 0 Å². The Kier molecular flexibility index (Phi) is 10.0. The van der Waals surface area contributed by atoms with E-state index in [1.54, 1.807) is 19.1 Å². The number of hydrogen-bond acceptors (Lipinski definition) is 3. The van der Waals surface area contributed by atoms with Crippen molar-refractivity contribution in [2.75, 3.05) is 6.61 Å². The van der Waals surface area contributed by atoms with Crippen molar-refractivity contribution in [1.82, 2.24) is 10.2 Å². The highest BCUT2D eigenvalue weighted by molar-refractivity contribution is 9.10. The second kappa shape index (κ2) is 12.3. The molecule has 0 heterocycles. The molecule has 0 saturated heterocycles. The van der Waals surface area contributed by atoms with Crippen LogP contribution in [-0.2, 0) is 16.1 Å². The maximum Gasteiger partial charge on any atom is 0.261 e. The SMILES string of the molecule is CC[C@H](C)NC(=O)[C@@H](C)N(Cc1cccc(Cl)c1)C(=O)COc1ccc(C(C)C)cc1Br. The van der Waals surface area contributed by atoms with Crippen LogP contribution < -0.4 is 10.1 Å². The molecule has 0 aliphatic heterocycles. The standard InChI is InChI=1S/C25H32BrClN2O3/c1-6-17(4)28-25(31)18(5)29(14-19-8-7-9-21(27)12-19)24(30)15-32-23-11-10-20(16(2)3)13-22(23)26/h7-13,16-18H,6,14-15H2,1-5H3,(H,28,31)/t17-,18+/m0/s1. The zero-order valence-corrected chi connectivity index (χ0v) is 21.7. The Morgan fingerprint density at radius 3 is 2.44 bits per heavy atom. The first-order chi connectivity index (χ1) is 15.1. The number of nitrogens with one attached hydrogen (secondary N) is 1. The Bertz CT molecular complexity index is 935. The summed E-state index contributed by atoms with van der Waals surface area (Å²) >= 11 is 9.64. The fourth-order valence-corrected chi connectivity index (χ4v) is 3.82.